The summed E-state index contributed by atoms with van der Waals surface area (Å²) >= 11 is 0. The van der Waals surface area contributed by atoms with Crippen molar-refractivity contribution in [1.82, 2.24) is 0 Å². The van der Waals surface area contributed by atoms with Gasteiger partial charge < -0.3 is 14.6 Å². The van der Waals surface area contributed by atoms with Gasteiger partial charge in [0.2, 0.25) is 0 Å². The van der Waals surface area contributed by atoms with Crippen molar-refractivity contribution in [2.24, 2.45) is 0 Å². The van der Waals surface area contributed by atoms with Gasteiger partial charge in [0.05, 0.1) is 19.3 Å². The number of carbonyl (C=O) groups is 1. The number of methoxy groups -OCH3 is 1. The molecule has 0 radical (unpaired) electrons. The molecule has 4 heteroatoms. The summed E-state index contributed by atoms with van der Waals surface area (Å²) in [4.78, 5) is 11.4. The molecule has 0 aliphatic heterocycles. The number of carbonyl (C=O) groups excluding carboxylic acids is 1. The summed E-state index contributed by atoms with van der Waals surface area (Å²) in [6, 6.07) is 12.6. The molecule has 0 spiro atoms. The summed E-state index contributed by atoms with van der Waals surface area (Å²) in [6.45, 7) is 2.60. The van der Waals surface area contributed by atoms with Crippen molar-refractivity contribution in [3.63, 3.8) is 0 Å². The topological polar surface area (TPSA) is 55.8 Å². The highest BCUT2D eigenvalue weighted by molar-refractivity contribution is 5.89. The van der Waals surface area contributed by atoms with Gasteiger partial charge in [-0.2, -0.15) is 0 Å². The maximum absolute atomic E-state index is 11.4. The van der Waals surface area contributed by atoms with Crippen LogP contribution in [0.1, 0.15) is 34.8 Å². The Morgan fingerprint density at radius 2 is 1.77 bits per heavy atom. The lowest BCUT2D eigenvalue weighted by Gasteiger charge is -2.09. The maximum Gasteiger partial charge on any atom is 0.337 e. The molecule has 116 valence electrons. The van der Waals surface area contributed by atoms with E-state index in [1.54, 1.807) is 24.3 Å². The minimum atomic E-state index is -0.346. The molecule has 22 heavy (non-hydrogen) atoms. The third kappa shape index (κ3) is 4.01. The zero-order valence-corrected chi connectivity index (χ0v) is 12.8. The van der Waals surface area contributed by atoms with Gasteiger partial charge in [-0.25, -0.2) is 4.79 Å². The Balaban J connectivity index is 2.07. The van der Waals surface area contributed by atoms with Crippen LogP contribution in [-0.4, -0.2) is 24.8 Å². The van der Waals surface area contributed by atoms with Crippen LogP contribution >= 0.6 is 0 Å². The maximum atomic E-state index is 11.4. The lowest BCUT2D eigenvalue weighted by molar-refractivity contribution is 0.0600. The van der Waals surface area contributed by atoms with Crippen molar-refractivity contribution in [3.05, 3.63) is 59.2 Å². The molecule has 2 rings (SSSR count). The van der Waals surface area contributed by atoms with Crippen LogP contribution in [0.5, 0.6) is 11.5 Å². The van der Waals surface area contributed by atoms with Crippen LogP contribution in [0.3, 0.4) is 0 Å². The van der Waals surface area contributed by atoms with Crippen molar-refractivity contribution in [2.45, 2.75) is 19.8 Å². The summed E-state index contributed by atoms with van der Waals surface area (Å²) in [5.74, 6) is 0.311. The number of hydrogen-bond donors (Lipinski definition) is 1. The monoisotopic (exact) mass is 300 g/mol. The molecule has 0 fully saturated rings. The summed E-state index contributed by atoms with van der Waals surface area (Å²) in [7, 11) is 1.36. The van der Waals surface area contributed by atoms with Crippen LogP contribution < -0.4 is 4.74 Å². The average Bonchev–Trinajstić information content (AvgIpc) is 2.54. The van der Waals surface area contributed by atoms with Crippen LogP contribution in [-0.2, 0) is 11.2 Å². The van der Waals surface area contributed by atoms with Gasteiger partial charge in [0.15, 0.2) is 11.5 Å². The first kappa shape index (κ1) is 15.9. The highest BCUT2D eigenvalue weighted by Gasteiger charge is 2.07. The van der Waals surface area contributed by atoms with E-state index in [1.807, 2.05) is 25.1 Å². The summed E-state index contributed by atoms with van der Waals surface area (Å²) in [6.07, 6.45) is 1.57. The minimum absolute atomic E-state index is 0.150. The van der Waals surface area contributed by atoms with Gasteiger partial charge in [0, 0.05) is 0 Å². The number of aromatic hydroxyl groups is 1. The van der Waals surface area contributed by atoms with Gasteiger partial charge in [-0.15, -0.1) is 0 Å². The number of esters is 1. The van der Waals surface area contributed by atoms with Gasteiger partial charge in [-0.05, 0) is 48.2 Å². The van der Waals surface area contributed by atoms with E-state index < -0.39 is 0 Å². The summed E-state index contributed by atoms with van der Waals surface area (Å²) in [5, 5.41) is 9.96. The van der Waals surface area contributed by atoms with Crippen LogP contribution in [0.25, 0.3) is 0 Å². The Bertz CT molecular complexity index is 632. The van der Waals surface area contributed by atoms with Gasteiger partial charge in [0.1, 0.15) is 0 Å². The number of phenols is 1. The molecule has 2 aromatic carbocycles. The van der Waals surface area contributed by atoms with E-state index in [4.69, 9.17) is 4.74 Å². The Hall–Kier alpha value is -2.49. The van der Waals surface area contributed by atoms with Gasteiger partial charge in [-0.3, -0.25) is 0 Å². The molecule has 0 amide bonds. The highest BCUT2D eigenvalue weighted by atomic mass is 16.5. The lowest BCUT2D eigenvalue weighted by Crippen LogP contribution is -2.01. The SMILES string of the molecule is CCCOc1ccc(Cc2ccc(C(=O)OC)cc2)cc1O. The van der Waals surface area contributed by atoms with Crippen LogP contribution in [0.15, 0.2) is 42.5 Å². The largest absolute Gasteiger partial charge is 0.504 e. The molecule has 2 aromatic rings. The van der Waals surface area contributed by atoms with Crippen LogP contribution in [0.4, 0.5) is 0 Å². The molecule has 0 aromatic heterocycles. The Morgan fingerprint density at radius 3 is 2.36 bits per heavy atom. The van der Waals surface area contributed by atoms with Crippen molar-refractivity contribution >= 4 is 5.97 Å². The smallest absolute Gasteiger partial charge is 0.337 e. The number of hydrogen-bond acceptors (Lipinski definition) is 4. The number of phenolic OH excluding ortho intramolecular Hbond substituents is 1. The number of benzene rings is 2. The standard InChI is InChI=1S/C18H20O4/c1-3-10-22-17-9-6-14(12-16(17)19)11-13-4-7-15(8-5-13)18(20)21-2/h4-9,12,19H,3,10-11H2,1-2H3. The highest BCUT2D eigenvalue weighted by Crippen LogP contribution is 2.28. The van der Waals surface area contributed by atoms with Gasteiger partial charge >= 0.3 is 5.97 Å². The molecule has 4 nitrogen and oxygen atoms in total. The second kappa shape index (κ2) is 7.50. The van der Waals surface area contributed by atoms with E-state index in [0.29, 0.717) is 24.3 Å². The quantitative estimate of drug-likeness (QED) is 0.829. The average molecular weight is 300 g/mol. The first-order valence-electron chi connectivity index (χ1n) is 7.26. The number of ether oxygens (including phenoxy) is 2. The van der Waals surface area contributed by atoms with Crippen molar-refractivity contribution in [2.75, 3.05) is 13.7 Å². The van der Waals surface area contributed by atoms with Crippen molar-refractivity contribution in [3.8, 4) is 11.5 Å². The fraction of sp³-hybridized carbons (Fsp3) is 0.278. The van der Waals surface area contributed by atoms with Crippen LogP contribution in [0.2, 0.25) is 0 Å². The van der Waals surface area contributed by atoms with Crippen molar-refractivity contribution < 1.29 is 19.4 Å². The molecule has 0 saturated carbocycles. The fourth-order valence-electron chi connectivity index (χ4n) is 2.12. The van der Waals surface area contributed by atoms with Gasteiger partial charge in [0.25, 0.3) is 0 Å². The molecule has 1 N–H and O–H groups in total. The first-order chi connectivity index (χ1) is 10.6. The third-order valence-electron chi connectivity index (χ3n) is 3.27. The van der Waals surface area contributed by atoms with E-state index in [1.165, 1.54) is 7.11 Å². The predicted octanol–water partition coefficient (Wildman–Crippen LogP) is 3.56. The predicted molar refractivity (Wildman–Crippen MR) is 84.5 cm³/mol. The van der Waals surface area contributed by atoms with Crippen molar-refractivity contribution in [1.29, 1.82) is 0 Å². The van der Waals surface area contributed by atoms with E-state index in [-0.39, 0.29) is 11.7 Å². The lowest BCUT2D eigenvalue weighted by atomic mass is 10.0. The Labute approximate surface area is 130 Å². The number of rotatable bonds is 6. The molecular formula is C18H20O4. The molecule has 0 aliphatic carbocycles. The molecule has 0 saturated heterocycles. The minimum Gasteiger partial charge on any atom is -0.504 e. The van der Waals surface area contributed by atoms with E-state index in [0.717, 1.165) is 17.5 Å². The van der Waals surface area contributed by atoms with Crippen LogP contribution in [0, 0.1) is 0 Å². The summed E-state index contributed by atoms with van der Waals surface area (Å²) in [5.41, 5.74) is 2.55. The zero-order chi connectivity index (χ0) is 15.9. The second-order valence-corrected chi connectivity index (χ2v) is 5.02. The molecule has 0 unspecified atom stereocenters. The third-order valence-corrected chi connectivity index (χ3v) is 3.27. The van der Waals surface area contributed by atoms with E-state index in [2.05, 4.69) is 4.74 Å². The second-order valence-electron chi connectivity index (χ2n) is 5.02. The van der Waals surface area contributed by atoms with E-state index in [9.17, 15) is 9.90 Å². The first-order valence-corrected chi connectivity index (χ1v) is 7.26. The van der Waals surface area contributed by atoms with E-state index >= 15 is 0 Å². The molecule has 0 heterocycles. The fourth-order valence-corrected chi connectivity index (χ4v) is 2.12. The Morgan fingerprint density at radius 1 is 1.09 bits per heavy atom. The Kier molecular flexibility index (Phi) is 5.42. The molecular weight excluding hydrogens is 280 g/mol. The molecule has 0 aliphatic rings. The molecule has 0 bridgehead atoms. The molecule has 0 atom stereocenters. The normalized spacial score (nSPS) is 10.3. The summed E-state index contributed by atoms with van der Waals surface area (Å²) < 4.78 is 10.1. The zero-order valence-electron chi connectivity index (χ0n) is 12.8. The van der Waals surface area contributed by atoms with Gasteiger partial charge in [-0.1, -0.05) is 25.1 Å².